The van der Waals surface area contributed by atoms with Crippen LogP contribution in [0.1, 0.15) is 16.1 Å². The van der Waals surface area contributed by atoms with E-state index in [1.54, 1.807) is 31.3 Å². The number of carbonyl (C=O) groups is 1. The third-order valence-corrected chi connectivity index (χ3v) is 5.19. The summed E-state index contributed by atoms with van der Waals surface area (Å²) in [6, 6.07) is 11.4. The van der Waals surface area contributed by atoms with Crippen LogP contribution in [0.2, 0.25) is 5.02 Å². The van der Waals surface area contributed by atoms with E-state index in [4.69, 9.17) is 11.6 Å². The Bertz CT molecular complexity index is 1490. The maximum Gasteiger partial charge on any atom is 0.261 e. The molecule has 1 N–H and O–H groups in total. The van der Waals surface area contributed by atoms with Gasteiger partial charge in [0, 0.05) is 6.07 Å². The molecule has 0 saturated heterocycles. The standard InChI is InChI=1S/C22H14ClF2N7O/c1-12-9-18(29-22(33)19-16(23)3-2-4-17(19)25)32(30-12)21-15-10-28-31(20(15)26-11-27-21)14-7-5-13(24)6-8-14/h2-11H,1H3,(H,29,33). The lowest BCUT2D eigenvalue weighted by atomic mass is 10.2. The van der Waals surface area contributed by atoms with E-state index in [2.05, 4.69) is 25.5 Å². The molecule has 0 aliphatic carbocycles. The number of nitrogens with one attached hydrogen (secondary N) is 1. The highest BCUT2D eigenvalue weighted by Crippen LogP contribution is 2.26. The molecule has 3 heterocycles. The van der Waals surface area contributed by atoms with Gasteiger partial charge < -0.3 is 5.32 Å². The molecule has 1 amide bonds. The molecule has 0 aliphatic heterocycles. The number of hydrogen-bond acceptors (Lipinski definition) is 5. The molecule has 0 aliphatic rings. The summed E-state index contributed by atoms with van der Waals surface area (Å²) in [5.41, 5.74) is 1.37. The van der Waals surface area contributed by atoms with Gasteiger partial charge in [0.25, 0.3) is 5.91 Å². The minimum Gasteiger partial charge on any atom is -0.306 e. The average Bonchev–Trinajstić information content (AvgIpc) is 3.37. The molecule has 164 valence electrons. The molecule has 0 spiro atoms. The minimum atomic E-state index is -0.743. The second-order valence-electron chi connectivity index (χ2n) is 7.10. The first kappa shape index (κ1) is 20.7. The second kappa shape index (κ2) is 8.06. The molecule has 2 aromatic carbocycles. The maximum absolute atomic E-state index is 14.2. The first-order chi connectivity index (χ1) is 15.9. The Balaban J connectivity index is 1.58. The van der Waals surface area contributed by atoms with Crippen LogP contribution in [0.4, 0.5) is 14.6 Å². The van der Waals surface area contributed by atoms with E-state index in [1.807, 2.05) is 0 Å². The van der Waals surface area contributed by atoms with E-state index < -0.39 is 11.7 Å². The first-order valence-electron chi connectivity index (χ1n) is 9.69. The summed E-state index contributed by atoms with van der Waals surface area (Å²) in [5, 5.41) is 11.9. The number of amides is 1. The predicted octanol–water partition coefficient (Wildman–Crippen LogP) is 4.49. The number of carbonyl (C=O) groups excluding carboxylic acids is 1. The third-order valence-electron chi connectivity index (χ3n) is 4.88. The topological polar surface area (TPSA) is 90.5 Å². The highest BCUT2D eigenvalue weighted by atomic mass is 35.5. The smallest absolute Gasteiger partial charge is 0.261 e. The molecule has 0 unspecified atom stereocenters. The molecule has 0 saturated carbocycles. The van der Waals surface area contributed by atoms with Crippen LogP contribution in [0.15, 0.2) is 61.1 Å². The lowest BCUT2D eigenvalue weighted by molar-refractivity contribution is 0.102. The second-order valence-corrected chi connectivity index (χ2v) is 7.51. The van der Waals surface area contributed by atoms with Crippen molar-refractivity contribution in [3.63, 3.8) is 0 Å². The highest BCUT2D eigenvalue weighted by molar-refractivity contribution is 6.34. The monoisotopic (exact) mass is 465 g/mol. The Kier molecular flexibility index (Phi) is 5.06. The molecular formula is C22H14ClF2N7O. The van der Waals surface area contributed by atoms with Crippen LogP contribution in [-0.2, 0) is 0 Å². The van der Waals surface area contributed by atoms with Crippen LogP contribution in [-0.4, -0.2) is 35.4 Å². The van der Waals surface area contributed by atoms with Crippen LogP contribution < -0.4 is 5.32 Å². The van der Waals surface area contributed by atoms with Crippen molar-refractivity contribution >= 4 is 34.4 Å². The van der Waals surface area contributed by atoms with Gasteiger partial charge in [0.1, 0.15) is 23.8 Å². The van der Waals surface area contributed by atoms with Gasteiger partial charge in [-0.2, -0.15) is 14.9 Å². The van der Waals surface area contributed by atoms with Gasteiger partial charge in [-0.3, -0.25) is 4.79 Å². The molecule has 11 heteroatoms. The Hall–Kier alpha value is -4.18. The van der Waals surface area contributed by atoms with Crippen LogP contribution >= 0.6 is 11.6 Å². The van der Waals surface area contributed by atoms with Gasteiger partial charge in [0.15, 0.2) is 11.5 Å². The van der Waals surface area contributed by atoms with E-state index in [9.17, 15) is 13.6 Å². The number of nitrogens with zero attached hydrogens (tertiary/aromatic N) is 6. The van der Waals surface area contributed by atoms with Gasteiger partial charge in [0.2, 0.25) is 0 Å². The van der Waals surface area contributed by atoms with Gasteiger partial charge >= 0.3 is 0 Å². The van der Waals surface area contributed by atoms with Crippen molar-refractivity contribution in [2.45, 2.75) is 6.92 Å². The Labute approximate surface area is 190 Å². The molecule has 0 fully saturated rings. The Morgan fingerprint density at radius 3 is 2.61 bits per heavy atom. The van der Waals surface area contributed by atoms with Crippen molar-refractivity contribution in [3.05, 3.63) is 89.0 Å². The fourth-order valence-corrected chi connectivity index (χ4v) is 3.66. The number of rotatable bonds is 4. The number of anilines is 1. The number of halogens is 3. The Morgan fingerprint density at radius 1 is 1.06 bits per heavy atom. The molecule has 5 aromatic rings. The zero-order chi connectivity index (χ0) is 23.1. The van der Waals surface area contributed by atoms with Crippen LogP contribution in [0.5, 0.6) is 0 Å². The summed E-state index contributed by atoms with van der Waals surface area (Å²) < 4.78 is 30.5. The Morgan fingerprint density at radius 2 is 1.85 bits per heavy atom. The number of aromatic nitrogens is 6. The predicted molar refractivity (Wildman–Crippen MR) is 118 cm³/mol. The van der Waals surface area contributed by atoms with Crippen molar-refractivity contribution in [1.29, 1.82) is 0 Å². The number of benzene rings is 2. The van der Waals surface area contributed by atoms with Gasteiger partial charge in [-0.1, -0.05) is 17.7 Å². The number of hydrogen-bond donors (Lipinski definition) is 1. The number of aryl methyl sites for hydroxylation is 1. The van der Waals surface area contributed by atoms with E-state index >= 15 is 0 Å². The highest BCUT2D eigenvalue weighted by Gasteiger charge is 2.21. The van der Waals surface area contributed by atoms with Crippen molar-refractivity contribution in [2.75, 3.05) is 5.32 Å². The SMILES string of the molecule is Cc1cc(NC(=O)c2c(F)cccc2Cl)n(-c2ncnc3c2cnn3-c2ccc(F)cc2)n1. The van der Waals surface area contributed by atoms with Crippen molar-refractivity contribution < 1.29 is 13.6 Å². The van der Waals surface area contributed by atoms with Gasteiger partial charge in [-0.05, 0) is 43.3 Å². The fraction of sp³-hybridized carbons (Fsp3) is 0.0455. The summed E-state index contributed by atoms with van der Waals surface area (Å²) in [6.45, 7) is 1.74. The zero-order valence-electron chi connectivity index (χ0n) is 17.0. The van der Waals surface area contributed by atoms with Gasteiger partial charge in [-0.15, -0.1) is 0 Å². The van der Waals surface area contributed by atoms with E-state index in [-0.39, 0.29) is 22.2 Å². The largest absolute Gasteiger partial charge is 0.306 e. The summed E-state index contributed by atoms with van der Waals surface area (Å²) >= 11 is 6.02. The molecule has 0 atom stereocenters. The summed E-state index contributed by atoms with van der Waals surface area (Å²) in [7, 11) is 0. The molecular weight excluding hydrogens is 452 g/mol. The summed E-state index contributed by atoms with van der Waals surface area (Å²) in [4.78, 5) is 21.4. The summed E-state index contributed by atoms with van der Waals surface area (Å²) in [6.07, 6.45) is 2.88. The molecule has 3 aromatic heterocycles. The van der Waals surface area contributed by atoms with Crippen LogP contribution in [0, 0.1) is 18.6 Å². The fourth-order valence-electron chi connectivity index (χ4n) is 3.42. The molecule has 33 heavy (non-hydrogen) atoms. The average molecular weight is 466 g/mol. The van der Waals surface area contributed by atoms with Crippen molar-refractivity contribution in [2.24, 2.45) is 0 Å². The zero-order valence-corrected chi connectivity index (χ0v) is 17.8. The quantitative estimate of drug-likeness (QED) is 0.422. The molecule has 5 rings (SSSR count). The molecule has 8 nitrogen and oxygen atoms in total. The first-order valence-corrected chi connectivity index (χ1v) is 10.1. The summed E-state index contributed by atoms with van der Waals surface area (Å²) in [5.74, 6) is -1.24. The van der Waals surface area contributed by atoms with Crippen LogP contribution in [0.25, 0.3) is 22.5 Å². The van der Waals surface area contributed by atoms with E-state index in [1.165, 1.54) is 40.0 Å². The lowest BCUT2D eigenvalue weighted by Crippen LogP contribution is -2.17. The third kappa shape index (κ3) is 3.70. The molecule has 0 radical (unpaired) electrons. The van der Waals surface area contributed by atoms with Crippen molar-refractivity contribution in [3.8, 4) is 11.5 Å². The van der Waals surface area contributed by atoms with E-state index in [0.717, 1.165) is 6.07 Å². The van der Waals surface area contributed by atoms with Gasteiger partial charge in [-0.25, -0.2) is 23.4 Å². The minimum absolute atomic E-state index is 0.0136. The lowest BCUT2D eigenvalue weighted by Gasteiger charge is -2.10. The normalized spacial score (nSPS) is 11.2. The maximum atomic E-state index is 14.2. The van der Waals surface area contributed by atoms with Gasteiger partial charge in [0.05, 0.1) is 33.6 Å². The van der Waals surface area contributed by atoms with E-state index in [0.29, 0.717) is 28.2 Å². The molecule has 0 bridgehead atoms. The van der Waals surface area contributed by atoms with Crippen LogP contribution in [0.3, 0.4) is 0 Å². The number of fused-ring (bicyclic) bond motifs is 1. The van der Waals surface area contributed by atoms with Crippen molar-refractivity contribution in [1.82, 2.24) is 29.5 Å².